The summed E-state index contributed by atoms with van der Waals surface area (Å²) in [5.74, 6) is -1.36. The van der Waals surface area contributed by atoms with E-state index in [1.54, 1.807) is 0 Å². The van der Waals surface area contributed by atoms with Gasteiger partial charge in [0.25, 0.3) is 5.91 Å². The van der Waals surface area contributed by atoms with Gasteiger partial charge in [0, 0.05) is 17.8 Å². The second-order valence-corrected chi connectivity index (χ2v) is 6.75. The largest absolute Gasteiger partial charge is 0.480 e. The molecule has 2 aromatic rings. The van der Waals surface area contributed by atoms with Crippen LogP contribution < -0.4 is 0 Å². The Morgan fingerprint density at radius 1 is 1.27 bits per heavy atom. The first-order valence-electron chi connectivity index (χ1n) is 8.86. The topological polar surface area (TPSA) is 84.7 Å². The predicted octanol–water partition coefficient (Wildman–Crippen LogP) is 1.60. The van der Waals surface area contributed by atoms with Crippen molar-refractivity contribution in [2.24, 2.45) is 0 Å². The van der Waals surface area contributed by atoms with Crippen molar-refractivity contribution in [3.8, 4) is 5.69 Å². The molecule has 1 aromatic heterocycles. The quantitative estimate of drug-likeness (QED) is 0.904. The number of rotatable bonds is 3. The molecule has 26 heavy (non-hydrogen) atoms. The van der Waals surface area contributed by atoms with Gasteiger partial charge in [0.1, 0.15) is 0 Å². The summed E-state index contributed by atoms with van der Waals surface area (Å²) in [6.45, 7) is 2.64. The molecule has 1 atom stereocenters. The van der Waals surface area contributed by atoms with E-state index in [2.05, 4.69) is 5.10 Å². The number of nitrogens with zero attached hydrogens (tertiary/aromatic N) is 3. The van der Waals surface area contributed by atoms with Crippen molar-refractivity contribution in [3.63, 3.8) is 0 Å². The minimum Gasteiger partial charge on any atom is -0.480 e. The van der Waals surface area contributed by atoms with Crippen LogP contribution in [0.5, 0.6) is 0 Å². The van der Waals surface area contributed by atoms with E-state index in [1.165, 1.54) is 4.90 Å². The van der Waals surface area contributed by atoms with Crippen LogP contribution in [0.2, 0.25) is 0 Å². The number of morpholine rings is 1. The number of benzene rings is 1. The lowest BCUT2D eigenvalue weighted by atomic mass is 10.1. The molecule has 0 radical (unpaired) electrons. The average Bonchev–Trinajstić information content (AvgIpc) is 3.24. The highest BCUT2D eigenvalue weighted by Crippen LogP contribution is 2.30. The molecule has 2 heterocycles. The standard InChI is InChI=1S/C19H21N3O4/c1-12-5-2-3-7-14(12)22-15-8-4-6-13(15)17(20-22)18(23)21-9-10-26-11-16(21)19(24)25/h2-3,5,7,16H,4,6,8-11H2,1H3,(H,24,25)/t16-/m1/s1. The lowest BCUT2D eigenvalue weighted by molar-refractivity contribution is -0.147. The number of carboxylic acids is 1. The molecular formula is C19H21N3O4. The monoisotopic (exact) mass is 355 g/mol. The zero-order valence-corrected chi connectivity index (χ0v) is 14.6. The van der Waals surface area contributed by atoms with Gasteiger partial charge in [0.05, 0.1) is 18.9 Å². The number of para-hydroxylation sites is 1. The van der Waals surface area contributed by atoms with Crippen LogP contribution in [0, 0.1) is 6.92 Å². The molecule has 1 fully saturated rings. The number of carboxylic acid groups (broad SMARTS) is 1. The lowest BCUT2D eigenvalue weighted by Gasteiger charge is -2.32. The molecule has 1 aliphatic heterocycles. The van der Waals surface area contributed by atoms with Gasteiger partial charge in [-0.05, 0) is 37.8 Å². The number of carbonyl (C=O) groups excluding carboxylic acids is 1. The van der Waals surface area contributed by atoms with E-state index >= 15 is 0 Å². The summed E-state index contributed by atoms with van der Waals surface area (Å²) in [6.07, 6.45) is 2.64. The van der Waals surface area contributed by atoms with E-state index in [1.807, 2.05) is 35.9 Å². The van der Waals surface area contributed by atoms with Crippen molar-refractivity contribution < 1.29 is 19.4 Å². The molecule has 0 bridgehead atoms. The van der Waals surface area contributed by atoms with Gasteiger partial charge in [-0.3, -0.25) is 4.79 Å². The third-order valence-electron chi connectivity index (χ3n) is 5.15. The maximum absolute atomic E-state index is 13.1. The summed E-state index contributed by atoms with van der Waals surface area (Å²) >= 11 is 0. The second-order valence-electron chi connectivity index (χ2n) is 6.75. The van der Waals surface area contributed by atoms with Crippen LogP contribution in [0.15, 0.2) is 24.3 Å². The summed E-state index contributed by atoms with van der Waals surface area (Å²) < 4.78 is 7.10. The third kappa shape index (κ3) is 2.68. The fourth-order valence-corrected chi connectivity index (χ4v) is 3.80. The minimum absolute atomic E-state index is 0.0156. The maximum Gasteiger partial charge on any atom is 0.328 e. The highest BCUT2D eigenvalue weighted by Gasteiger charge is 2.37. The molecular weight excluding hydrogens is 334 g/mol. The molecule has 4 rings (SSSR count). The molecule has 0 saturated carbocycles. The van der Waals surface area contributed by atoms with Crippen LogP contribution in [-0.2, 0) is 22.4 Å². The Labute approximate surface area is 151 Å². The molecule has 1 aromatic carbocycles. The number of ether oxygens (including phenoxy) is 1. The Balaban J connectivity index is 1.76. The molecule has 1 aliphatic carbocycles. The van der Waals surface area contributed by atoms with Crippen molar-refractivity contribution >= 4 is 11.9 Å². The van der Waals surface area contributed by atoms with Crippen LogP contribution >= 0.6 is 0 Å². The van der Waals surface area contributed by atoms with Crippen LogP contribution in [-0.4, -0.2) is 57.5 Å². The molecule has 7 nitrogen and oxygen atoms in total. The number of hydrogen-bond acceptors (Lipinski definition) is 4. The smallest absolute Gasteiger partial charge is 0.328 e. The van der Waals surface area contributed by atoms with Gasteiger partial charge in [0.2, 0.25) is 0 Å². The number of amides is 1. The Morgan fingerprint density at radius 3 is 2.85 bits per heavy atom. The van der Waals surface area contributed by atoms with E-state index in [4.69, 9.17) is 4.74 Å². The fraction of sp³-hybridized carbons (Fsp3) is 0.421. The molecule has 1 N–H and O–H groups in total. The SMILES string of the molecule is Cc1ccccc1-n1nc(C(=O)N2CCOC[C@@H]2C(=O)O)c2c1CCC2. The van der Waals surface area contributed by atoms with Crippen molar-refractivity contribution in [1.82, 2.24) is 14.7 Å². The first-order chi connectivity index (χ1) is 12.6. The van der Waals surface area contributed by atoms with Gasteiger partial charge < -0.3 is 14.7 Å². The summed E-state index contributed by atoms with van der Waals surface area (Å²) in [6, 6.07) is 6.97. The number of hydrogen-bond donors (Lipinski definition) is 1. The minimum atomic E-state index is -1.05. The van der Waals surface area contributed by atoms with E-state index in [0.717, 1.165) is 41.8 Å². The zero-order chi connectivity index (χ0) is 18.3. The molecule has 1 saturated heterocycles. The van der Waals surface area contributed by atoms with Crippen molar-refractivity contribution in [2.75, 3.05) is 19.8 Å². The Morgan fingerprint density at radius 2 is 2.08 bits per heavy atom. The number of aromatic nitrogens is 2. The Kier molecular flexibility index (Phi) is 4.24. The first-order valence-corrected chi connectivity index (χ1v) is 8.86. The van der Waals surface area contributed by atoms with Gasteiger partial charge in [-0.25, -0.2) is 9.48 Å². The summed E-state index contributed by atoms with van der Waals surface area (Å²) in [5, 5.41) is 14.0. The molecule has 0 spiro atoms. The molecule has 2 aliphatic rings. The predicted molar refractivity (Wildman–Crippen MR) is 93.6 cm³/mol. The lowest BCUT2D eigenvalue weighted by Crippen LogP contribution is -2.52. The Bertz CT molecular complexity index is 874. The summed E-state index contributed by atoms with van der Waals surface area (Å²) in [4.78, 5) is 26.0. The van der Waals surface area contributed by atoms with E-state index < -0.39 is 12.0 Å². The molecule has 0 unspecified atom stereocenters. The highest BCUT2D eigenvalue weighted by molar-refractivity contribution is 5.97. The van der Waals surface area contributed by atoms with Crippen molar-refractivity contribution in [1.29, 1.82) is 0 Å². The van der Waals surface area contributed by atoms with E-state index in [0.29, 0.717) is 12.3 Å². The van der Waals surface area contributed by atoms with E-state index in [9.17, 15) is 14.7 Å². The Hall–Kier alpha value is -2.67. The normalized spacial score (nSPS) is 19.4. The second kappa shape index (κ2) is 6.57. The van der Waals surface area contributed by atoms with Gasteiger partial charge in [-0.15, -0.1) is 0 Å². The summed E-state index contributed by atoms with van der Waals surface area (Å²) in [7, 11) is 0. The van der Waals surface area contributed by atoms with Crippen LogP contribution in [0.1, 0.15) is 33.7 Å². The van der Waals surface area contributed by atoms with Gasteiger partial charge in [0.15, 0.2) is 11.7 Å². The van der Waals surface area contributed by atoms with Crippen molar-refractivity contribution in [2.45, 2.75) is 32.2 Å². The number of aryl methyl sites for hydroxylation is 1. The first kappa shape index (κ1) is 16.8. The van der Waals surface area contributed by atoms with Gasteiger partial charge >= 0.3 is 5.97 Å². The van der Waals surface area contributed by atoms with E-state index in [-0.39, 0.29) is 19.1 Å². The van der Waals surface area contributed by atoms with Crippen LogP contribution in [0.3, 0.4) is 0 Å². The van der Waals surface area contributed by atoms with Gasteiger partial charge in [-0.2, -0.15) is 5.10 Å². The van der Waals surface area contributed by atoms with Crippen LogP contribution in [0.4, 0.5) is 0 Å². The maximum atomic E-state index is 13.1. The number of fused-ring (bicyclic) bond motifs is 1. The number of carbonyl (C=O) groups is 2. The van der Waals surface area contributed by atoms with Crippen LogP contribution in [0.25, 0.3) is 5.69 Å². The summed E-state index contributed by atoms with van der Waals surface area (Å²) in [5.41, 5.74) is 4.44. The highest BCUT2D eigenvalue weighted by atomic mass is 16.5. The number of aliphatic carboxylic acids is 1. The molecule has 7 heteroatoms. The molecule has 136 valence electrons. The average molecular weight is 355 g/mol. The third-order valence-corrected chi connectivity index (χ3v) is 5.15. The fourth-order valence-electron chi connectivity index (χ4n) is 3.80. The zero-order valence-electron chi connectivity index (χ0n) is 14.6. The van der Waals surface area contributed by atoms with Crippen molar-refractivity contribution in [3.05, 3.63) is 46.8 Å². The van der Waals surface area contributed by atoms with Gasteiger partial charge in [-0.1, -0.05) is 18.2 Å². The molecule has 1 amide bonds.